The summed E-state index contributed by atoms with van der Waals surface area (Å²) in [6, 6.07) is 10.3. The number of likely N-dealkylation sites (N-methyl/N-ethyl adjacent to an activating group) is 1. The summed E-state index contributed by atoms with van der Waals surface area (Å²) in [6.45, 7) is 6.11. The van der Waals surface area contributed by atoms with Crippen molar-refractivity contribution in [2.45, 2.75) is 106 Å². The van der Waals surface area contributed by atoms with Crippen LogP contribution in [0.1, 0.15) is 80.0 Å². The number of aromatic hydroxyl groups is 1. The van der Waals surface area contributed by atoms with Crippen LogP contribution in [0.4, 0.5) is 5.69 Å². The number of hydrogen-bond acceptors (Lipinski definition) is 14. The van der Waals surface area contributed by atoms with Crippen LogP contribution in [0.25, 0.3) is 0 Å². The van der Waals surface area contributed by atoms with E-state index < -0.39 is 101 Å². The van der Waals surface area contributed by atoms with Crippen LogP contribution in [0.15, 0.2) is 72.9 Å². The first kappa shape index (κ1) is 52.8. The van der Waals surface area contributed by atoms with Crippen LogP contribution < -0.4 is 20.9 Å². The Bertz CT molecular complexity index is 2540. The molecule has 7 heterocycles. The maximum atomic E-state index is 15.7. The van der Waals surface area contributed by atoms with Crippen molar-refractivity contribution in [3.63, 3.8) is 0 Å². The van der Waals surface area contributed by atoms with Gasteiger partial charge in [-0.3, -0.25) is 33.6 Å². The molecule has 19 nitrogen and oxygen atoms in total. The Hall–Kier alpha value is -6.54. The average molecular weight is 1020 g/mol. The molecule has 73 heavy (non-hydrogen) atoms. The van der Waals surface area contributed by atoms with Gasteiger partial charge in [0.05, 0.1) is 0 Å². The Morgan fingerprint density at radius 2 is 1.58 bits per heavy atom. The van der Waals surface area contributed by atoms with Gasteiger partial charge >= 0.3 is 5.97 Å². The number of pyridine rings is 1. The fourth-order valence-corrected chi connectivity index (χ4v) is 12.4. The third kappa shape index (κ3) is 11.8. The first-order valence-corrected chi connectivity index (χ1v) is 26.4. The first-order chi connectivity index (χ1) is 35.0. The van der Waals surface area contributed by atoms with Crippen LogP contribution >= 0.6 is 11.8 Å². The van der Waals surface area contributed by atoms with Gasteiger partial charge in [0.25, 0.3) is 5.91 Å². The van der Waals surface area contributed by atoms with Crippen LogP contribution in [0.3, 0.4) is 0 Å². The van der Waals surface area contributed by atoms with Crippen molar-refractivity contribution in [1.82, 2.24) is 40.5 Å². The number of ketones is 1. The molecule has 1 aromatic heterocycles. The number of Topliss-reactive ketones (excluding diaryl/α,β-unsaturated/α-hetero) is 1. The predicted octanol–water partition coefficient (Wildman–Crippen LogP) is 2.32. The lowest BCUT2D eigenvalue weighted by Crippen LogP contribution is -2.63. The summed E-state index contributed by atoms with van der Waals surface area (Å²) in [5.41, 5.74) is 1.49. The fraction of sp³-hybridized carbons (Fsp3) is 0.528. The van der Waals surface area contributed by atoms with Gasteiger partial charge in [0, 0.05) is 82.4 Å². The van der Waals surface area contributed by atoms with E-state index in [1.54, 1.807) is 49.0 Å². The largest absolute Gasteiger partial charge is 0.505 e. The van der Waals surface area contributed by atoms with Crippen molar-refractivity contribution in [3.05, 3.63) is 89.7 Å². The zero-order chi connectivity index (χ0) is 52.1. The summed E-state index contributed by atoms with van der Waals surface area (Å²) in [6.07, 6.45) is 2.40. The van der Waals surface area contributed by atoms with Gasteiger partial charge in [-0.1, -0.05) is 49.4 Å². The topological polar surface area (TPSA) is 231 Å². The summed E-state index contributed by atoms with van der Waals surface area (Å²) in [7, 11) is 5.33. The highest BCUT2D eigenvalue weighted by atomic mass is 32.2. The molecule has 0 spiro atoms. The molecule has 6 aliphatic heterocycles. The summed E-state index contributed by atoms with van der Waals surface area (Å²) in [5.74, 6) is -5.83. The zero-order valence-corrected chi connectivity index (χ0v) is 42.9. The molecule has 6 aliphatic rings. The second-order valence-electron chi connectivity index (χ2n) is 20.1. The van der Waals surface area contributed by atoms with E-state index in [1.165, 1.54) is 47.0 Å². The number of rotatable bonds is 10. The van der Waals surface area contributed by atoms with Gasteiger partial charge in [0.2, 0.25) is 29.5 Å². The molecule has 0 radical (unpaired) electrons. The second kappa shape index (κ2) is 23.1. The van der Waals surface area contributed by atoms with Gasteiger partial charge in [0.15, 0.2) is 11.7 Å². The highest BCUT2D eigenvalue weighted by Crippen LogP contribution is 2.37. The molecule has 390 valence electrons. The number of hydrogen-bond donors (Lipinski definition) is 4. The summed E-state index contributed by atoms with van der Waals surface area (Å²) >= 11 is 1.73. The molecule has 2 bridgehead atoms. The highest BCUT2D eigenvalue weighted by Gasteiger charge is 2.48. The van der Waals surface area contributed by atoms with Gasteiger partial charge < -0.3 is 50.3 Å². The van der Waals surface area contributed by atoms with Crippen LogP contribution in [0.5, 0.6) is 5.75 Å². The Kier molecular flexibility index (Phi) is 16.7. The summed E-state index contributed by atoms with van der Waals surface area (Å²) in [5, 5.41) is 18.8. The van der Waals surface area contributed by atoms with Crippen molar-refractivity contribution in [1.29, 1.82) is 0 Å². The normalized spacial score (nSPS) is 29.5. The van der Waals surface area contributed by atoms with E-state index >= 15 is 14.4 Å². The van der Waals surface area contributed by atoms with Gasteiger partial charge in [0.1, 0.15) is 47.8 Å². The number of piperidine rings is 4. The van der Waals surface area contributed by atoms with Crippen LogP contribution in [-0.2, 0) is 44.7 Å². The third-order valence-electron chi connectivity index (χ3n) is 15.2. The quantitative estimate of drug-likeness (QED) is 0.214. The number of cyclic esters (lactones) is 1. The molecule has 20 heteroatoms. The van der Waals surface area contributed by atoms with E-state index in [2.05, 4.69) is 25.8 Å². The monoisotopic (exact) mass is 1020 g/mol. The summed E-state index contributed by atoms with van der Waals surface area (Å²) in [4.78, 5) is 130. The van der Waals surface area contributed by atoms with E-state index in [9.17, 15) is 29.1 Å². The molecule has 9 atom stereocenters. The number of thioether (sulfide) groups is 1. The number of anilines is 1. The molecule has 6 amide bonds. The molecule has 0 aliphatic carbocycles. The van der Waals surface area contributed by atoms with Crippen molar-refractivity contribution in [3.8, 4) is 5.75 Å². The number of nitrogens with one attached hydrogen (secondary N) is 3. The molecular formula is C53H67N9O10S. The van der Waals surface area contributed by atoms with E-state index in [1.807, 2.05) is 43.3 Å². The number of nitrogens with zero attached hydrogens (tertiary/aromatic N) is 6. The number of esters is 1. The fourth-order valence-electron chi connectivity index (χ4n) is 10.8. The minimum absolute atomic E-state index is 0.0289. The lowest BCUT2D eigenvalue weighted by molar-refractivity contribution is -0.157. The SMILES string of the molecule is CCC1NC(=O)C(NC(=O)c2ncccc2O)C(C)OC(=O)C(c2ccccc2)NC(=O)[C@H]2CC(=O)[C@@H](CS[C@H]3CN4CCC3CC4)CN2C(=O)C(Cc2ccc(N(C)C)cc2)N(C)C(=O)C2CCCN2C1=O. The Morgan fingerprint density at radius 3 is 2.23 bits per heavy atom. The maximum absolute atomic E-state index is 15.7. The molecular weight excluding hydrogens is 955 g/mol. The number of aromatic nitrogens is 1. The van der Waals surface area contributed by atoms with E-state index in [-0.39, 0.29) is 50.1 Å². The van der Waals surface area contributed by atoms with Crippen LogP contribution in [-0.4, -0.2) is 178 Å². The minimum atomic E-state index is -1.69. The Balaban J connectivity index is 1.19. The van der Waals surface area contributed by atoms with E-state index in [4.69, 9.17) is 4.74 Å². The number of fused-ring (bicyclic) bond motifs is 5. The lowest BCUT2D eigenvalue weighted by atomic mass is 9.88. The van der Waals surface area contributed by atoms with E-state index in [0.717, 1.165) is 43.7 Å². The zero-order valence-electron chi connectivity index (χ0n) is 42.1. The predicted molar refractivity (Wildman–Crippen MR) is 272 cm³/mol. The number of benzene rings is 2. The molecule has 3 aromatic rings. The molecule has 6 unspecified atom stereocenters. The smallest absolute Gasteiger partial charge is 0.333 e. The minimum Gasteiger partial charge on any atom is -0.505 e. The van der Waals surface area contributed by atoms with Gasteiger partial charge in [-0.25, -0.2) is 9.78 Å². The van der Waals surface area contributed by atoms with Gasteiger partial charge in [-0.05, 0) is 93.4 Å². The van der Waals surface area contributed by atoms with E-state index in [0.29, 0.717) is 23.3 Å². The first-order valence-electron chi connectivity index (χ1n) is 25.3. The van der Waals surface area contributed by atoms with Crippen molar-refractivity contribution >= 4 is 64.6 Å². The van der Waals surface area contributed by atoms with Crippen LogP contribution in [0.2, 0.25) is 0 Å². The molecule has 6 fully saturated rings. The van der Waals surface area contributed by atoms with Gasteiger partial charge in [-0.15, -0.1) is 0 Å². The number of carbonyl (C=O) groups excluding carboxylic acids is 8. The standard InChI is InChI=1S/C53H67N9O10S/c1-6-37-50(68)61-23-11-14-38(61)51(69)59(5)40(26-32-16-18-36(19-17-32)58(3)4)52(70)62-28-35(30-73-43-29-60-24-20-33(43)21-25-60)42(64)27-39(62)47(65)57-45(34-12-8-7-9-13-34)53(71)72-31(2)44(48(66)55-37)56-49(67)46-41(63)15-10-22-54-46/h7-10,12-13,15-19,22,31,33,35,37-40,43-45,63H,6,11,14,20-21,23-30H2,1-5H3,(H,55,66)(H,56,67)(H,57,65)/t31?,35-,37?,38?,39-,40?,43+,44?,45?/m1/s1. The second-order valence-corrected chi connectivity index (χ2v) is 21.4. The van der Waals surface area contributed by atoms with Crippen LogP contribution in [0, 0.1) is 11.8 Å². The Labute approximate surface area is 430 Å². The Morgan fingerprint density at radius 1 is 0.849 bits per heavy atom. The molecule has 4 N–H and O–H groups in total. The lowest BCUT2D eigenvalue weighted by Gasteiger charge is -2.45. The molecule has 6 saturated heterocycles. The molecule has 9 rings (SSSR count). The number of carbonyl (C=O) groups is 8. The highest BCUT2D eigenvalue weighted by molar-refractivity contribution is 8.00. The van der Waals surface area contributed by atoms with Crippen molar-refractivity contribution < 1.29 is 48.2 Å². The van der Waals surface area contributed by atoms with Crippen molar-refractivity contribution in [2.24, 2.45) is 11.8 Å². The molecule has 2 aromatic carbocycles. The third-order valence-corrected chi connectivity index (χ3v) is 16.7. The van der Waals surface area contributed by atoms with Crippen molar-refractivity contribution in [2.75, 3.05) is 64.5 Å². The maximum Gasteiger partial charge on any atom is 0.333 e. The molecule has 0 saturated carbocycles. The average Bonchev–Trinajstić information content (AvgIpc) is 3.89. The number of ether oxygens (including phenoxy) is 1. The summed E-state index contributed by atoms with van der Waals surface area (Å²) < 4.78 is 5.97. The number of amides is 6. The van der Waals surface area contributed by atoms with Gasteiger partial charge in [-0.2, -0.15) is 11.8 Å².